The summed E-state index contributed by atoms with van der Waals surface area (Å²) < 4.78 is 5.55. The lowest BCUT2D eigenvalue weighted by Gasteiger charge is -2.34. The van der Waals surface area contributed by atoms with Crippen LogP contribution in [0.2, 0.25) is 0 Å². The van der Waals surface area contributed by atoms with Crippen LogP contribution < -0.4 is 20.6 Å². The van der Waals surface area contributed by atoms with E-state index in [0.717, 1.165) is 34.1 Å². The van der Waals surface area contributed by atoms with Crippen LogP contribution in [0.5, 0.6) is 5.75 Å². The zero-order valence-corrected chi connectivity index (χ0v) is 16.7. The number of nitrogens with one attached hydrogen (secondary N) is 1. The molecule has 0 aliphatic carbocycles. The molecule has 2 aliphatic heterocycles. The molecule has 0 fully saturated rings. The van der Waals surface area contributed by atoms with Crippen molar-refractivity contribution in [3.8, 4) is 5.75 Å². The van der Waals surface area contributed by atoms with E-state index in [2.05, 4.69) is 12.2 Å². The van der Waals surface area contributed by atoms with E-state index in [1.54, 1.807) is 16.8 Å². The third kappa shape index (κ3) is 3.49. The Morgan fingerprint density at radius 2 is 1.93 bits per heavy atom. The number of rotatable bonds is 5. The van der Waals surface area contributed by atoms with E-state index in [1.807, 2.05) is 55.5 Å². The van der Waals surface area contributed by atoms with Gasteiger partial charge in [0.25, 0.3) is 5.91 Å². The highest BCUT2D eigenvalue weighted by Gasteiger charge is 2.34. The first-order valence-corrected chi connectivity index (χ1v) is 10.4. The standard InChI is InChI=1S/C21H22N4O2S/c1-3-13-28-21-23-20(26)18-16-7-5-6-8-17(16)22-19(25(18)24-21)14-9-11-15(12-10-14)27-4-2/h5-12,19H,3-4,13H2,1-2H3,(H,23,24,26). The Balaban J connectivity index is 1.82. The molecule has 0 saturated carbocycles. The Hall–Kier alpha value is -2.80. The Labute approximate surface area is 168 Å². The number of hydrazone groups is 1. The SMILES string of the molecule is CCCSC1=NN2C(=c3ccccc3=NC2c2ccc(OCC)cc2)C(=O)N1. The van der Waals surface area contributed by atoms with Crippen LogP contribution in [-0.2, 0) is 4.79 Å². The zero-order valence-electron chi connectivity index (χ0n) is 15.9. The lowest BCUT2D eigenvalue weighted by atomic mass is 10.1. The molecule has 0 bridgehead atoms. The molecule has 0 aromatic heterocycles. The summed E-state index contributed by atoms with van der Waals surface area (Å²) in [6.07, 6.45) is 0.606. The molecule has 144 valence electrons. The van der Waals surface area contributed by atoms with Gasteiger partial charge in [0.15, 0.2) is 11.3 Å². The minimum Gasteiger partial charge on any atom is -0.494 e. The molecule has 0 radical (unpaired) electrons. The summed E-state index contributed by atoms with van der Waals surface area (Å²) in [6, 6.07) is 15.5. The second-order valence-corrected chi connectivity index (χ2v) is 7.51. The second kappa shape index (κ2) is 8.06. The molecule has 7 heteroatoms. The molecule has 0 saturated heterocycles. The van der Waals surface area contributed by atoms with Crippen molar-refractivity contribution in [2.24, 2.45) is 10.1 Å². The maximum atomic E-state index is 12.9. The van der Waals surface area contributed by atoms with Crippen molar-refractivity contribution in [3.63, 3.8) is 0 Å². The topological polar surface area (TPSA) is 66.3 Å². The zero-order chi connectivity index (χ0) is 19.5. The van der Waals surface area contributed by atoms with Crippen molar-refractivity contribution in [1.29, 1.82) is 0 Å². The number of para-hydroxylation sites is 1. The number of benzene rings is 2. The van der Waals surface area contributed by atoms with Gasteiger partial charge in [0.05, 0.1) is 12.0 Å². The first kappa shape index (κ1) is 18.6. The van der Waals surface area contributed by atoms with E-state index in [-0.39, 0.29) is 5.91 Å². The molecule has 1 atom stereocenters. The van der Waals surface area contributed by atoms with E-state index in [0.29, 0.717) is 17.5 Å². The molecule has 6 nitrogen and oxygen atoms in total. The van der Waals surface area contributed by atoms with Crippen LogP contribution in [0.3, 0.4) is 0 Å². The Bertz CT molecular complexity index is 1030. The summed E-state index contributed by atoms with van der Waals surface area (Å²) in [4.78, 5) is 17.8. The smallest absolute Gasteiger partial charge is 0.276 e. The molecule has 2 aliphatic rings. The molecular formula is C21H22N4O2S. The molecule has 2 heterocycles. The number of fused-ring (bicyclic) bond motifs is 2. The second-order valence-electron chi connectivity index (χ2n) is 6.42. The van der Waals surface area contributed by atoms with Gasteiger partial charge in [0.1, 0.15) is 11.4 Å². The summed E-state index contributed by atoms with van der Waals surface area (Å²) in [5.41, 5.74) is 1.49. The van der Waals surface area contributed by atoms with Gasteiger partial charge in [-0.1, -0.05) is 49.0 Å². The predicted molar refractivity (Wildman–Crippen MR) is 111 cm³/mol. The number of amides is 1. The largest absolute Gasteiger partial charge is 0.494 e. The first-order valence-electron chi connectivity index (χ1n) is 9.43. The number of thioether (sulfide) groups is 1. The van der Waals surface area contributed by atoms with Gasteiger partial charge in [0.2, 0.25) is 0 Å². The maximum Gasteiger partial charge on any atom is 0.276 e. The first-order chi connectivity index (χ1) is 13.7. The molecular weight excluding hydrogens is 372 g/mol. The average molecular weight is 395 g/mol. The van der Waals surface area contributed by atoms with Gasteiger partial charge in [-0.25, -0.2) is 5.01 Å². The summed E-state index contributed by atoms with van der Waals surface area (Å²) >= 11 is 1.55. The van der Waals surface area contributed by atoms with Crippen molar-refractivity contribution in [3.05, 3.63) is 64.7 Å². The van der Waals surface area contributed by atoms with Crippen molar-refractivity contribution < 1.29 is 9.53 Å². The number of amidine groups is 1. The van der Waals surface area contributed by atoms with Crippen LogP contribution >= 0.6 is 11.8 Å². The Morgan fingerprint density at radius 3 is 2.68 bits per heavy atom. The van der Waals surface area contributed by atoms with E-state index in [9.17, 15) is 4.79 Å². The van der Waals surface area contributed by atoms with Gasteiger partial charge in [-0.15, -0.1) is 5.10 Å². The van der Waals surface area contributed by atoms with Crippen LogP contribution in [-0.4, -0.2) is 28.4 Å². The number of carbonyl (C=O) groups is 1. The van der Waals surface area contributed by atoms with Crippen LogP contribution in [0.4, 0.5) is 0 Å². The van der Waals surface area contributed by atoms with Gasteiger partial charge in [-0.3, -0.25) is 15.1 Å². The molecule has 1 N–H and O–H groups in total. The lowest BCUT2D eigenvalue weighted by molar-refractivity contribution is -0.116. The monoisotopic (exact) mass is 394 g/mol. The number of carbonyl (C=O) groups excluding carboxylic acids is 1. The maximum absolute atomic E-state index is 12.9. The van der Waals surface area contributed by atoms with Gasteiger partial charge >= 0.3 is 0 Å². The van der Waals surface area contributed by atoms with Crippen molar-refractivity contribution in [2.45, 2.75) is 26.4 Å². The van der Waals surface area contributed by atoms with Gasteiger partial charge < -0.3 is 4.74 Å². The van der Waals surface area contributed by atoms with Gasteiger partial charge in [-0.2, -0.15) is 0 Å². The van der Waals surface area contributed by atoms with Gasteiger partial charge in [-0.05, 0) is 37.1 Å². The fourth-order valence-corrected chi connectivity index (χ4v) is 3.92. The van der Waals surface area contributed by atoms with E-state index < -0.39 is 6.17 Å². The van der Waals surface area contributed by atoms with Crippen molar-refractivity contribution in [2.75, 3.05) is 12.4 Å². The van der Waals surface area contributed by atoms with Crippen molar-refractivity contribution in [1.82, 2.24) is 10.3 Å². The van der Waals surface area contributed by atoms with E-state index in [1.165, 1.54) is 0 Å². The molecule has 2 aromatic rings. The predicted octanol–water partition coefficient (Wildman–Crippen LogP) is 2.37. The third-order valence-corrected chi connectivity index (χ3v) is 5.52. The average Bonchev–Trinajstić information content (AvgIpc) is 2.72. The summed E-state index contributed by atoms with van der Waals surface area (Å²) in [5.74, 6) is 1.56. The number of hydrogen-bond donors (Lipinski definition) is 1. The van der Waals surface area contributed by atoms with Crippen LogP contribution in [0, 0.1) is 0 Å². The highest BCUT2D eigenvalue weighted by atomic mass is 32.2. The molecule has 0 spiro atoms. The molecule has 1 amide bonds. The lowest BCUT2D eigenvalue weighted by Crippen LogP contribution is -2.50. The van der Waals surface area contributed by atoms with Crippen LogP contribution in [0.1, 0.15) is 32.0 Å². The van der Waals surface area contributed by atoms with Gasteiger partial charge in [0, 0.05) is 11.0 Å². The van der Waals surface area contributed by atoms with Crippen LogP contribution in [0.25, 0.3) is 5.70 Å². The quantitative estimate of drug-likeness (QED) is 0.846. The summed E-state index contributed by atoms with van der Waals surface area (Å²) in [5, 5.41) is 11.6. The molecule has 2 aromatic carbocycles. The Morgan fingerprint density at radius 1 is 1.14 bits per heavy atom. The number of hydrogen-bond acceptors (Lipinski definition) is 6. The third-order valence-electron chi connectivity index (χ3n) is 4.45. The number of ether oxygens (including phenoxy) is 1. The molecule has 4 rings (SSSR count). The van der Waals surface area contributed by atoms with Crippen LogP contribution in [0.15, 0.2) is 58.6 Å². The number of nitrogens with zero attached hydrogens (tertiary/aromatic N) is 3. The fourth-order valence-electron chi connectivity index (χ4n) is 3.21. The minimum atomic E-state index is -0.399. The highest BCUT2D eigenvalue weighted by Crippen LogP contribution is 2.31. The van der Waals surface area contributed by atoms with Crippen molar-refractivity contribution >= 4 is 28.5 Å². The minimum absolute atomic E-state index is 0.146. The summed E-state index contributed by atoms with van der Waals surface area (Å²) in [6.45, 7) is 4.68. The Kier molecular flexibility index (Phi) is 5.34. The highest BCUT2D eigenvalue weighted by molar-refractivity contribution is 8.13. The normalized spacial score (nSPS) is 17.9. The van der Waals surface area contributed by atoms with E-state index in [4.69, 9.17) is 14.8 Å². The molecule has 28 heavy (non-hydrogen) atoms. The molecule has 1 unspecified atom stereocenters. The van der Waals surface area contributed by atoms with E-state index >= 15 is 0 Å². The fraction of sp³-hybridized carbons (Fsp3) is 0.286. The summed E-state index contributed by atoms with van der Waals surface area (Å²) in [7, 11) is 0.